The second-order valence-electron chi connectivity index (χ2n) is 6.62. The normalized spacial score (nSPS) is 17.5. The van der Waals surface area contributed by atoms with Crippen LogP contribution in [0.5, 0.6) is 0 Å². The lowest BCUT2D eigenvalue weighted by Gasteiger charge is -2.34. The number of nitrogens with two attached hydrogens (primary N) is 2. The minimum absolute atomic E-state index is 0.0785. The zero-order valence-electron chi connectivity index (χ0n) is 13.7. The van der Waals surface area contributed by atoms with E-state index in [9.17, 15) is 9.59 Å². The van der Waals surface area contributed by atoms with Crippen LogP contribution in [0.25, 0.3) is 0 Å². The van der Waals surface area contributed by atoms with E-state index in [2.05, 4.69) is 5.32 Å². The summed E-state index contributed by atoms with van der Waals surface area (Å²) < 4.78 is 5.32. The molecule has 1 aromatic carbocycles. The second-order valence-corrected chi connectivity index (χ2v) is 6.62. The van der Waals surface area contributed by atoms with Crippen molar-refractivity contribution in [2.75, 3.05) is 25.1 Å². The smallest absolute Gasteiger partial charge is 0.232 e. The Morgan fingerprint density at radius 1 is 1.22 bits per heavy atom. The van der Waals surface area contributed by atoms with Crippen LogP contribution in [0.1, 0.15) is 32.3 Å². The molecule has 1 fully saturated rings. The standard InChI is InChI=1S/C17H25N3O3/c1-16(2,14(19)21)12-3-5-13(6-4-12)20-15(22)17(11-18)7-9-23-10-8-17/h3-6H,7-11,18H2,1-2H3,(H2,19,21)(H,20,22). The molecule has 1 aliphatic rings. The molecule has 1 saturated heterocycles. The lowest BCUT2D eigenvalue weighted by molar-refractivity contribution is -0.130. The molecule has 23 heavy (non-hydrogen) atoms. The summed E-state index contributed by atoms with van der Waals surface area (Å²) in [5, 5.41) is 2.92. The van der Waals surface area contributed by atoms with Crippen molar-refractivity contribution in [1.29, 1.82) is 0 Å². The van der Waals surface area contributed by atoms with Gasteiger partial charge in [-0.15, -0.1) is 0 Å². The summed E-state index contributed by atoms with van der Waals surface area (Å²) in [6.07, 6.45) is 1.25. The zero-order valence-corrected chi connectivity index (χ0v) is 13.7. The number of nitrogens with one attached hydrogen (secondary N) is 1. The van der Waals surface area contributed by atoms with E-state index >= 15 is 0 Å². The van der Waals surface area contributed by atoms with Crippen molar-refractivity contribution in [2.24, 2.45) is 16.9 Å². The third-order valence-corrected chi connectivity index (χ3v) is 4.80. The molecule has 0 aromatic heterocycles. The first-order chi connectivity index (χ1) is 10.8. The van der Waals surface area contributed by atoms with E-state index in [0.29, 0.717) is 38.3 Å². The lowest BCUT2D eigenvalue weighted by Crippen LogP contribution is -2.46. The summed E-state index contributed by atoms with van der Waals surface area (Å²) in [5.74, 6) is -0.469. The van der Waals surface area contributed by atoms with Gasteiger partial charge in [0.05, 0.1) is 10.8 Å². The molecule has 0 aliphatic carbocycles. The van der Waals surface area contributed by atoms with E-state index in [1.54, 1.807) is 38.1 Å². The maximum Gasteiger partial charge on any atom is 0.232 e. The average molecular weight is 319 g/mol. The fourth-order valence-corrected chi connectivity index (χ4v) is 2.66. The first-order valence-corrected chi connectivity index (χ1v) is 7.81. The van der Waals surface area contributed by atoms with Crippen molar-refractivity contribution < 1.29 is 14.3 Å². The number of hydrogen-bond donors (Lipinski definition) is 3. The summed E-state index contributed by atoms with van der Waals surface area (Å²) in [4.78, 5) is 24.1. The van der Waals surface area contributed by atoms with E-state index in [0.717, 1.165) is 5.56 Å². The molecular weight excluding hydrogens is 294 g/mol. The van der Waals surface area contributed by atoms with E-state index in [-0.39, 0.29) is 5.91 Å². The number of anilines is 1. The molecule has 0 radical (unpaired) electrons. The molecule has 2 amide bonds. The van der Waals surface area contributed by atoms with Gasteiger partial charge in [0.1, 0.15) is 0 Å². The third kappa shape index (κ3) is 3.54. The Morgan fingerprint density at radius 3 is 2.26 bits per heavy atom. The van der Waals surface area contributed by atoms with Gasteiger partial charge < -0.3 is 21.5 Å². The third-order valence-electron chi connectivity index (χ3n) is 4.80. The summed E-state index contributed by atoms with van der Waals surface area (Å²) >= 11 is 0. The molecule has 126 valence electrons. The Labute approximate surface area is 136 Å². The Balaban J connectivity index is 2.11. The van der Waals surface area contributed by atoms with E-state index in [1.165, 1.54) is 0 Å². The zero-order chi connectivity index (χ0) is 17.1. The minimum atomic E-state index is -0.748. The summed E-state index contributed by atoms with van der Waals surface area (Å²) in [5.41, 5.74) is 11.4. The number of amides is 2. The largest absolute Gasteiger partial charge is 0.381 e. The highest BCUT2D eigenvalue weighted by atomic mass is 16.5. The van der Waals surface area contributed by atoms with E-state index in [4.69, 9.17) is 16.2 Å². The molecule has 5 N–H and O–H groups in total. The van der Waals surface area contributed by atoms with Crippen molar-refractivity contribution in [3.8, 4) is 0 Å². The summed E-state index contributed by atoms with van der Waals surface area (Å²) in [6.45, 7) is 4.95. The van der Waals surface area contributed by atoms with Crippen molar-refractivity contribution in [3.63, 3.8) is 0 Å². The van der Waals surface area contributed by atoms with Gasteiger partial charge in [0.2, 0.25) is 11.8 Å². The van der Waals surface area contributed by atoms with Gasteiger partial charge in [0.25, 0.3) is 0 Å². The van der Waals surface area contributed by atoms with Crippen LogP contribution in [0.4, 0.5) is 5.69 Å². The monoisotopic (exact) mass is 319 g/mol. The van der Waals surface area contributed by atoms with Crippen LogP contribution in [-0.2, 0) is 19.7 Å². The number of primary amides is 1. The molecule has 0 saturated carbocycles. The fourth-order valence-electron chi connectivity index (χ4n) is 2.66. The van der Waals surface area contributed by atoms with Crippen molar-refractivity contribution in [3.05, 3.63) is 29.8 Å². The van der Waals surface area contributed by atoms with Crippen LogP contribution in [0, 0.1) is 5.41 Å². The van der Waals surface area contributed by atoms with Crippen LogP contribution in [0.15, 0.2) is 24.3 Å². The van der Waals surface area contributed by atoms with Gasteiger partial charge in [0, 0.05) is 25.4 Å². The van der Waals surface area contributed by atoms with Gasteiger partial charge >= 0.3 is 0 Å². The molecule has 0 bridgehead atoms. The number of rotatable bonds is 5. The molecule has 6 heteroatoms. The minimum Gasteiger partial charge on any atom is -0.381 e. The Kier molecular flexibility index (Phi) is 5.06. The van der Waals surface area contributed by atoms with Crippen LogP contribution < -0.4 is 16.8 Å². The maximum atomic E-state index is 12.6. The summed E-state index contributed by atoms with van der Waals surface area (Å²) in [7, 11) is 0. The Bertz CT molecular complexity index is 575. The van der Waals surface area contributed by atoms with Gasteiger partial charge in [-0.05, 0) is 44.4 Å². The van der Waals surface area contributed by atoms with E-state index in [1.807, 2.05) is 0 Å². The molecular formula is C17H25N3O3. The van der Waals surface area contributed by atoms with Crippen molar-refractivity contribution in [2.45, 2.75) is 32.1 Å². The molecule has 6 nitrogen and oxygen atoms in total. The Morgan fingerprint density at radius 2 is 1.78 bits per heavy atom. The molecule has 0 atom stereocenters. The highest BCUT2D eigenvalue weighted by Crippen LogP contribution is 2.31. The first kappa shape index (κ1) is 17.4. The van der Waals surface area contributed by atoms with E-state index < -0.39 is 16.7 Å². The predicted octanol–water partition coefficient (Wildman–Crippen LogP) is 1.14. The van der Waals surface area contributed by atoms with Crippen molar-refractivity contribution in [1.82, 2.24) is 0 Å². The SMILES string of the molecule is CC(C)(C(N)=O)c1ccc(NC(=O)C2(CN)CCOCC2)cc1. The molecule has 2 rings (SSSR count). The number of carbonyl (C=O) groups excluding carboxylic acids is 2. The number of benzene rings is 1. The number of ether oxygens (including phenoxy) is 1. The topological polar surface area (TPSA) is 107 Å². The van der Waals surface area contributed by atoms with Gasteiger partial charge in [0.15, 0.2) is 0 Å². The molecule has 0 spiro atoms. The van der Waals surface area contributed by atoms with Crippen LogP contribution in [0.3, 0.4) is 0 Å². The quantitative estimate of drug-likeness (QED) is 0.756. The van der Waals surface area contributed by atoms with Gasteiger partial charge in [-0.3, -0.25) is 9.59 Å². The second kappa shape index (κ2) is 6.68. The van der Waals surface area contributed by atoms with Crippen LogP contribution in [-0.4, -0.2) is 31.6 Å². The number of carbonyl (C=O) groups is 2. The Hall–Kier alpha value is -1.92. The summed E-state index contributed by atoms with van der Waals surface area (Å²) in [6, 6.07) is 7.17. The molecule has 1 aromatic rings. The fraction of sp³-hybridized carbons (Fsp3) is 0.529. The highest BCUT2D eigenvalue weighted by molar-refractivity contribution is 5.95. The highest BCUT2D eigenvalue weighted by Gasteiger charge is 2.38. The van der Waals surface area contributed by atoms with Gasteiger partial charge in [-0.1, -0.05) is 12.1 Å². The van der Waals surface area contributed by atoms with Crippen LogP contribution >= 0.6 is 0 Å². The molecule has 0 unspecified atom stereocenters. The maximum absolute atomic E-state index is 12.6. The lowest BCUT2D eigenvalue weighted by atomic mass is 9.79. The van der Waals surface area contributed by atoms with Gasteiger partial charge in [-0.2, -0.15) is 0 Å². The predicted molar refractivity (Wildman–Crippen MR) is 88.8 cm³/mol. The molecule has 1 aliphatic heterocycles. The number of hydrogen-bond acceptors (Lipinski definition) is 4. The average Bonchev–Trinajstić information content (AvgIpc) is 2.55. The molecule has 1 heterocycles. The first-order valence-electron chi connectivity index (χ1n) is 7.81. The van der Waals surface area contributed by atoms with Gasteiger partial charge in [-0.25, -0.2) is 0 Å². The van der Waals surface area contributed by atoms with Crippen LogP contribution in [0.2, 0.25) is 0 Å². The van der Waals surface area contributed by atoms with Crippen molar-refractivity contribution >= 4 is 17.5 Å².